The van der Waals surface area contributed by atoms with Crippen LogP contribution in [0.5, 0.6) is 0 Å². The van der Waals surface area contributed by atoms with Gasteiger partial charge in [-0.05, 0) is 30.7 Å². The highest BCUT2D eigenvalue weighted by Crippen LogP contribution is 2.22. The van der Waals surface area contributed by atoms with E-state index >= 15 is 0 Å². The van der Waals surface area contributed by atoms with Crippen LogP contribution < -0.4 is 5.43 Å². The van der Waals surface area contributed by atoms with Gasteiger partial charge in [-0.15, -0.1) is 0 Å². The lowest BCUT2D eigenvalue weighted by molar-refractivity contribution is 0.0524. The summed E-state index contributed by atoms with van der Waals surface area (Å²) in [6.07, 6.45) is 3.13. The molecule has 1 N–H and O–H groups in total. The van der Waals surface area contributed by atoms with Crippen molar-refractivity contribution >= 4 is 16.9 Å². The summed E-state index contributed by atoms with van der Waals surface area (Å²) < 4.78 is 9.98. The minimum absolute atomic E-state index is 0.0000625. The zero-order valence-corrected chi connectivity index (χ0v) is 14.0. The molecule has 3 rings (SSSR count). The van der Waals surface area contributed by atoms with Crippen LogP contribution >= 0.6 is 0 Å². The Hall–Kier alpha value is -2.99. The molecule has 0 amide bonds. The number of hydrogen-bond acceptors (Lipinski definition) is 5. The van der Waals surface area contributed by atoms with E-state index in [-0.39, 0.29) is 17.6 Å². The summed E-state index contributed by atoms with van der Waals surface area (Å²) in [5.41, 5.74) is 2.86. The number of nitrogens with one attached hydrogen (secondary N) is 1. The number of ether oxygens (including phenoxy) is 2. The van der Waals surface area contributed by atoms with Crippen LogP contribution in [0, 0.1) is 0 Å². The number of H-pyrrole nitrogens is 1. The average molecular weight is 338 g/mol. The first-order valence-corrected chi connectivity index (χ1v) is 7.91. The minimum atomic E-state index is -0.623. The largest absolute Gasteiger partial charge is 0.462 e. The molecule has 0 saturated heterocycles. The lowest BCUT2D eigenvalue weighted by atomic mass is 10.0. The molecule has 0 aliphatic heterocycles. The fraction of sp³-hybridized carbons (Fsp3) is 0.211. The Balaban J connectivity index is 2.04. The van der Waals surface area contributed by atoms with E-state index in [1.165, 1.54) is 6.20 Å². The summed E-state index contributed by atoms with van der Waals surface area (Å²) in [4.78, 5) is 31.8. The molecule has 0 unspecified atom stereocenters. The SMILES string of the molecule is CCOC(=O)c1c[nH]c2ccc(-c3ccc(COC)nc3)cc2c1=O. The van der Waals surface area contributed by atoms with Crippen molar-refractivity contribution in [2.45, 2.75) is 13.5 Å². The van der Waals surface area contributed by atoms with Crippen LogP contribution in [0.3, 0.4) is 0 Å². The molecule has 0 aliphatic rings. The monoisotopic (exact) mass is 338 g/mol. The Morgan fingerprint density at radius 2 is 2.00 bits per heavy atom. The lowest BCUT2D eigenvalue weighted by Gasteiger charge is -2.07. The smallest absolute Gasteiger partial charge is 0.343 e. The van der Waals surface area contributed by atoms with Crippen LogP contribution in [-0.4, -0.2) is 29.7 Å². The number of rotatable bonds is 5. The molecule has 6 nitrogen and oxygen atoms in total. The zero-order valence-electron chi connectivity index (χ0n) is 14.0. The third-order valence-electron chi connectivity index (χ3n) is 3.83. The van der Waals surface area contributed by atoms with Gasteiger partial charge in [-0.25, -0.2) is 4.79 Å². The van der Waals surface area contributed by atoms with E-state index in [9.17, 15) is 9.59 Å². The van der Waals surface area contributed by atoms with Crippen molar-refractivity contribution in [2.75, 3.05) is 13.7 Å². The van der Waals surface area contributed by atoms with E-state index in [4.69, 9.17) is 9.47 Å². The third-order valence-corrected chi connectivity index (χ3v) is 3.83. The fourth-order valence-corrected chi connectivity index (χ4v) is 2.59. The number of carbonyl (C=O) groups is 1. The minimum Gasteiger partial charge on any atom is -0.462 e. The van der Waals surface area contributed by atoms with Gasteiger partial charge in [-0.1, -0.05) is 12.1 Å². The van der Waals surface area contributed by atoms with Gasteiger partial charge in [-0.3, -0.25) is 9.78 Å². The van der Waals surface area contributed by atoms with Crippen molar-refractivity contribution in [3.8, 4) is 11.1 Å². The number of aromatic nitrogens is 2. The molecule has 0 fully saturated rings. The van der Waals surface area contributed by atoms with E-state index in [2.05, 4.69) is 9.97 Å². The Kier molecular flexibility index (Phi) is 4.90. The molecule has 0 atom stereocenters. The number of fused-ring (bicyclic) bond motifs is 1. The highest BCUT2D eigenvalue weighted by atomic mass is 16.5. The summed E-state index contributed by atoms with van der Waals surface area (Å²) >= 11 is 0. The number of pyridine rings is 2. The number of esters is 1. The Bertz CT molecular complexity index is 961. The number of nitrogens with zero attached hydrogens (tertiary/aromatic N) is 1. The second-order valence-electron chi connectivity index (χ2n) is 5.48. The van der Waals surface area contributed by atoms with Crippen molar-refractivity contribution < 1.29 is 14.3 Å². The molecular formula is C19H18N2O4. The number of carbonyl (C=O) groups excluding carboxylic acids is 1. The first-order chi connectivity index (χ1) is 12.1. The van der Waals surface area contributed by atoms with Crippen LogP contribution in [-0.2, 0) is 16.1 Å². The third kappa shape index (κ3) is 3.44. The van der Waals surface area contributed by atoms with Gasteiger partial charge in [0.25, 0.3) is 0 Å². The second-order valence-corrected chi connectivity index (χ2v) is 5.48. The van der Waals surface area contributed by atoms with E-state index in [1.807, 2.05) is 24.3 Å². The van der Waals surface area contributed by atoms with Gasteiger partial charge in [0.15, 0.2) is 0 Å². The molecule has 6 heteroatoms. The summed E-state index contributed by atoms with van der Waals surface area (Å²) in [5.74, 6) is -0.623. The summed E-state index contributed by atoms with van der Waals surface area (Å²) in [7, 11) is 1.62. The van der Waals surface area contributed by atoms with Crippen molar-refractivity contribution in [3.05, 3.63) is 64.2 Å². The molecule has 0 saturated carbocycles. The summed E-state index contributed by atoms with van der Waals surface area (Å²) in [6, 6.07) is 9.26. The molecule has 1 aromatic carbocycles. The number of benzene rings is 1. The van der Waals surface area contributed by atoms with Crippen LogP contribution in [0.15, 0.2) is 47.5 Å². The van der Waals surface area contributed by atoms with Crippen LogP contribution in [0.4, 0.5) is 0 Å². The maximum absolute atomic E-state index is 12.6. The van der Waals surface area contributed by atoms with Gasteiger partial charge < -0.3 is 14.5 Å². The molecule has 0 aliphatic carbocycles. The zero-order chi connectivity index (χ0) is 17.8. The van der Waals surface area contributed by atoms with Crippen molar-refractivity contribution in [3.63, 3.8) is 0 Å². The number of hydrogen-bond donors (Lipinski definition) is 1. The average Bonchev–Trinajstić information content (AvgIpc) is 2.63. The molecule has 128 valence electrons. The lowest BCUT2D eigenvalue weighted by Crippen LogP contribution is -2.18. The van der Waals surface area contributed by atoms with Gasteiger partial charge in [0.1, 0.15) is 5.56 Å². The van der Waals surface area contributed by atoms with Crippen LogP contribution in [0.25, 0.3) is 22.0 Å². The molecule has 25 heavy (non-hydrogen) atoms. The fourth-order valence-electron chi connectivity index (χ4n) is 2.59. The van der Waals surface area contributed by atoms with Crippen LogP contribution in [0.2, 0.25) is 0 Å². The van der Waals surface area contributed by atoms with E-state index in [0.717, 1.165) is 16.8 Å². The van der Waals surface area contributed by atoms with Gasteiger partial charge in [0.2, 0.25) is 5.43 Å². The summed E-state index contributed by atoms with van der Waals surface area (Å²) in [5, 5.41) is 0.434. The Labute approximate surface area is 144 Å². The Morgan fingerprint density at radius 3 is 2.68 bits per heavy atom. The normalized spacial score (nSPS) is 10.8. The van der Waals surface area contributed by atoms with Gasteiger partial charge in [0, 0.05) is 36.0 Å². The molecule has 0 spiro atoms. The highest BCUT2D eigenvalue weighted by Gasteiger charge is 2.14. The van der Waals surface area contributed by atoms with Crippen molar-refractivity contribution in [1.82, 2.24) is 9.97 Å². The van der Waals surface area contributed by atoms with Gasteiger partial charge in [-0.2, -0.15) is 0 Å². The van der Waals surface area contributed by atoms with E-state index in [0.29, 0.717) is 17.5 Å². The molecule has 0 bridgehead atoms. The maximum atomic E-state index is 12.6. The summed E-state index contributed by atoms with van der Waals surface area (Å²) in [6.45, 7) is 2.36. The number of methoxy groups -OCH3 is 1. The molecule has 2 heterocycles. The topological polar surface area (TPSA) is 81.3 Å². The molecule has 0 radical (unpaired) electrons. The van der Waals surface area contributed by atoms with Crippen molar-refractivity contribution in [1.29, 1.82) is 0 Å². The quantitative estimate of drug-likeness (QED) is 0.724. The standard InChI is InChI=1S/C19H18N2O4/c1-3-25-19(23)16-10-21-17-7-5-12(8-15(17)18(16)22)13-4-6-14(11-24-2)20-9-13/h4-10H,3,11H2,1-2H3,(H,21,22). The first kappa shape index (κ1) is 16.9. The predicted octanol–water partition coefficient (Wildman–Crippen LogP) is 2.91. The molecule has 2 aromatic heterocycles. The Morgan fingerprint density at radius 1 is 1.20 bits per heavy atom. The predicted molar refractivity (Wildman–Crippen MR) is 94.5 cm³/mol. The number of aromatic amines is 1. The van der Waals surface area contributed by atoms with Gasteiger partial charge >= 0.3 is 5.97 Å². The van der Waals surface area contributed by atoms with E-state index in [1.54, 1.807) is 26.3 Å². The van der Waals surface area contributed by atoms with Gasteiger partial charge in [0.05, 0.1) is 18.9 Å². The molecular weight excluding hydrogens is 320 g/mol. The second kappa shape index (κ2) is 7.27. The van der Waals surface area contributed by atoms with Crippen LogP contribution in [0.1, 0.15) is 23.0 Å². The highest BCUT2D eigenvalue weighted by molar-refractivity contribution is 5.94. The van der Waals surface area contributed by atoms with Crippen molar-refractivity contribution in [2.24, 2.45) is 0 Å². The van der Waals surface area contributed by atoms with E-state index < -0.39 is 5.97 Å². The maximum Gasteiger partial charge on any atom is 0.343 e. The molecule has 3 aromatic rings. The first-order valence-electron chi connectivity index (χ1n) is 7.91.